The molecule has 0 aromatic rings. The molecule has 1 N–H and O–H groups in total. The van der Waals surface area contributed by atoms with E-state index in [-0.39, 0.29) is 0 Å². The Morgan fingerprint density at radius 3 is 2.79 bits per heavy atom. The lowest BCUT2D eigenvalue weighted by atomic mass is 9.71. The fourth-order valence-corrected chi connectivity index (χ4v) is 2.96. The van der Waals surface area contributed by atoms with Crippen molar-refractivity contribution in [3.05, 3.63) is 12.2 Å². The number of hydrogen-bond acceptors (Lipinski definition) is 1. The summed E-state index contributed by atoms with van der Waals surface area (Å²) in [6.07, 6.45) is 8.80. The van der Waals surface area contributed by atoms with Crippen LogP contribution in [0.25, 0.3) is 0 Å². The third-order valence-electron chi connectivity index (χ3n) is 4.04. The van der Waals surface area contributed by atoms with Crippen LogP contribution in [0.15, 0.2) is 12.2 Å². The molecule has 14 heavy (non-hydrogen) atoms. The van der Waals surface area contributed by atoms with Gasteiger partial charge in [0.05, 0.1) is 0 Å². The van der Waals surface area contributed by atoms with Gasteiger partial charge in [0, 0.05) is 12.1 Å². The maximum absolute atomic E-state index is 3.82. The molecule has 1 fully saturated rings. The quantitative estimate of drug-likeness (QED) is 0.677. The number of fused-ring (bicyclic) bond motifs is 1. The average molecular weight is 193 g/mol. The van der Waals surface area contributed by atoms with Crippen LogP contribution in [0, 0.1) is 17.8 Å². The summed E-state index contributed by atoms with van der Waals surface area (Å²) >= 11 is 0. The molecule has 4 unspecified atom stereocenters. The molecule has 0 radical (unpaired) electrons. The van der Waals surface area contributed by atoms with E-state index in [2.05, 4.69) is 38.2 Å². The van der Waals surface area contributed by atoms with Gasteiger partial charge in [-0.1, -0.05) is 32.9 Å². The molecule has 2 aliphatic rings. The van der Waals surface area contributed by atoms with E-state index in [4.69, 9.17) is 0 Å². The molecular formula is C13H23N. The fourth-order valence-electron chi connectivity index (χ4n) is 2.96. The van der Waals surface area contributed by atoms with Gasteiger partial charge in [-0.3, -0.25) is 0 Å². The predicted octanol–water partition coefficient (Wildman–Crippen LogP) is 2.98. The number of nitrogens with one attached hydrogen (secondary N) is 1. The molecule has 1 nitrogen and oxygen atoms in total. The van der Waals surface area contributed by atoms with Crippen LogP contribution in [0.5, 0.6) is 0 Å². The molecule has 0 aromatic heterocycles. The summed E-state index contributed by atoms with van der Waals surface area (Å²) in [7, 11) is 0. The Kier molecular flexibility index (Phi) is 2.96. The summed E-state index contributed by atoms with van der Waals surface area (Å²) in [6.45, 7) is 6.93. The second-order valence-electron chi connectivity index (χ2n) is 5.27. The summed E-state index contributed by atoms with van der Waals surface area (Å²) < 4.78 is 0. The molecule has 80 valence electrons. The van der Waals surface area contributed by atoms with E-state index in [1.165, 1.54) is 19.3 Å². The first-order valence-corrected chi connectivity index (χ1v) is 6.15. The smallest absolute Gasteiger partial charge is 0.0138 e. The molecule has 0 aliphatic heterocycles. The standard InChI is InChI=1S/C13H23N/c1-4-12(9(2)3)14-13-8-10-6-5-7-11(10)13/h5,7,9-14H,4,6,8H2,1-3H3. The molecule has 0 amide bonds. The summed E-state index contributed by atoms with van der Waals surface area (Å²) in [5, 5.41) is 3.82. The highest BCUT2D eigenvalue weighted by atomic mass is 15.0. The third-order valence-corrected chi connectivity index (χ3v) is 4.04. The lowest BCUT2D eigenvalue weighted by molar-refractivity contribution is 0.139. The van der Waals surface area contributed by atoms with Gasteiger partial charge in [-0.2, -0.15) is 0 Å². The van der Waals surface area contributed by atoms with Gasteiger partial charge in [0.25, 0.3) is 0 Å². The van der Waals surface area contributed by atoms with E-state index in [0.29, 0.717) is 0 Å². The normalized spacial score (nSPS) is 37.0. The summed E-state index contributed by atoms with van der Waals surface area (Å²) in [5.41, 5.74) is 0. The van der Waals surface area contributed by atoms with Crippen molar-refractivity contribution in [1.82, 2.24) is 5.32 Å². The van der Waals surface area contributed by atoms with Crippen molar-refractivity contribution in [3.8, 4) is 0 Å². The third kappa shape index (κ3) is 1.75. The van der Waals surface area contributed by atoms with Gasteiger partial charge < -0.3 is 5.32 Å². The van der Waals surface area contributed by atoms with Crippen molar-refractivity contribution in [3.63, 3.8) is 0 Å². The molecule has 0 spiro atoms. The predicted molar refractivity (Wildman–Crippen MR) is 61.2 cm³/mol. The Morgan fingerprint density at radius 2 is 2.21 bits per heavy atom. The first-order valence-electron chi connectivity index (χ1n) is 6.15. The van der Waals surface area contributed by atoms with Crippen LogP contribution in [0.2, 0.25) is 0 Å². The largest absolute Gasteiger partial charge is 0.310 e. The molecule has 2 aliphatic carbocycles. The van der Waals surface area contributed by atoms with E-state index in [9.17, 15) is 0 Å². The minimum absolute atomic E-state index is 0.718. The number of hydrogen-bond donors (Lipinski definition) is 1. The Morgan fingerprint density at radius 1 is 1.43 bits per heavy atom. The number of rotatable bonds is 4. The molecule has 4 atom stereocenters. The van der Waals surface area contributed by atoms with Crippen molar-refractivity contribution in [2.75, 3.05) is 0 Å². The highest BCUT2D eigenvalue weighted by molar-refractivity contribution is 5.13. The fraction of sp³-hybridized carbons (Fsp3) is 0.846. The lowest BCUT2D eigenvalue weighted by Crippen LogP contribution is -2.52. The summed E-state index contributed by atoms with van der Waals surface area (Å²) in [4.78, 5) is 0. The molecule has 0 heterocycles. The first-order chi connectivity index (χ1) is 6.72. The van der Waals surface area contributed by atoms with Crippen LogP contribution >= 0.6 is 0 Å². The van der Waals surface area contributed by atoms with Crippen LogP contribution in [0.1, 0.15) is 40.0 Å². The zero-order valence-corrected chi connectivity index (χ0v) is 9.66. The molecule has 1 heteroatoms. The molecule has 0 bridgehead atoms. The zero-order valence-electron chi connectivity index (χ0n) is 9.66. The van der Waals surface area contributed by atoms with E-state index in [1.807, 2.05) is 0 Å². The van der Waals surface area contributed by atoms with E-state index in [0.717, 1.165) is 29.8 Å². The van der Waals surface area contributed by atoms with Crippen molar-refractivity contribution < 1.29 is 0 Å². The van der Waals surface area contributed by atoms with Gasteiger partial charge in [-0.25, -0.2) is 0 Å². The Balaban J connectivity index is 1.83. The maximum atomic E-state index is 3.82. The van der Waals surface area contributed by atoms with Crippen molar-refractivity contribution in [1.29, 1.82) is 0 Å². The van der Waals surface area contributed by atoms with Gasteiger partial charge >= 0.3 is 0 Å². The second kappa shape index (κ2) is 4.06. The number of allylic oxidation sites excluding steroid dienone is 1. The van der Waals surface area contributed by atoms with Crippen LogP contribution in [-0.4, -0.2) is 12.1 Å². The lowest BCUT2D eigenvalue weighted by Gasteiger charge is -2.43. The Bertz CT molecular complexity index is 219. The molecule has 2 rings (SSSR count). The van der Waals surface area contributed by atoms with Crippen molar-refractivity contribution >= 4 is 0 Å². The Labute approximate surface area is 88.0 Å². The van der Waals surface area contributed by atoms with E-state index in [1.54, 1.807) is 0 Å². The molecule has 1 saturated carbocycles. The van der Waals surface area contributed by atoms with Crippen LogP contribution in [0.3, 0.4) is 0 Å². The topological polar surface area (TPSA) is 12.0 Å². The highest BCUT2D eigenvalue weighted by Crippen LogP contribution is 2.43. The van der Waals surface area contributed by atoms with Gasteiger partial charge in [0.2, 0.25) is 0 Å². The molecular weight excluding hydrogens is 170 g/mol. The first kappa shape index (κ1) is 10.2. The van der Waals surface area contributed by atoms with Crippen LogP contribution < -0.4 is 5.32 Å². The highest BCUT2D eigenvalue weighted by Gasteiger charge is 2.41. The molecule has 0 saturated heterocycles. The second-order valence-corrected chi connectivity index (χ2v) is 5.27. The van der Waals surface area contributed by atoms with Gasteiger partial charge in [0.15, 0.2) is 0 Å². The van der Waals surface area contributed by atoms with Crippen molar-refractivity contribution in [2.24, 2.45) is 17.8 Å². The van der Waals surface area contributed by atoms with Gasteiger partial charge in [-0.15, -0.1) is 0 Å². The average Bonchev–Trinajstić information content (AvgIpc) is 2.48. The van der Waals surface area contributed by atoms with Gasteiger partial charge in [0.1, 0.15) is 0 Å². The summed E-state index contributed by atoms with van der Waals surface area (Å²) in [6, 6.07) is 1.50. The van der Waals surface area contributed by atoms with Crippen molar-refractivity contribution in [2.45, 2.75) is 52.1 Å². The monoisotopic (exact) mass is 193 g/mol. The zero-order chi connectivity index (χ0) is 10.1. The Hall–Kier alpha value is -0.300. The van der Waals surface area contributed by atoms with Crippen LogP contribution in [0.4, 0.5) is 0 Å². The minimum Gasteiger partial charge on any atom is -0.310 e. The van der Waals surface area contributed by atoms with E-state index >= 15 is 0 Å². The van der Waals surface area contributed by atoms with Gasteiger partial charge in [-0.05, 0) is 37.0 Å². The van der Waals surface area contributed by atoms with Crippen LogP contribution in [-0.2, 0) is 0 Å². The maximum Gasteiger partial charge on any atom is 0.0138 e. The molecule has 0 aromatic carbocycles. The minimum atomic E-state index is 0.718. The SMILES string of the molecule is CCC(NC1CC2CC=CC21)C(C)C. The van der Waals surface area contributed by atoms with E-state index < -0.39 is 0 Å². The summed E-state index contributed by atoms with van der Waals surface area (Å²) in [5.74, 6) is 2.62.